The molecule has 0 spiro atoms. The molecule has 0 amide bonds. The van der Waals surface area contributed by atoms with E-state index in [1.54, 1.807) is 6.07 Å². The lowest BCUT2D eigenvalue weighted by Gasteiger charge is -2.12. The van der Waals surface area contributed by atoms with Crippen molar-refractivity contribution < 1.29 is 9.84 Å². The Hall–Kier alpha value is -1.68. The van der Waals surface area contributed by atoms with E-state index in [0.29, 0.717) is 19.1 Å². The zero-order valence-corrected chi connectivity index (χ0v) is 13.9. The number of aromatic hydroxyl groups is 1. The van der Waals surface area contributed by atoms with Crippen LogP contribution in [0.3, 0.4) is 0 Å². The molecule has 0 radical (unpaired) electrons. The van der Waals surface area contributed by atoms with Crippen LogP contribution in [0.25, 0.3) is 0 Å². The second-order valence-electron chi connectivity index (χ2n) is 5.36. The van der Waals surface area contributed by atoms with E-state index in [4.69, 9.17) is 4.74 Å². The summed E-state index contributed by atoms with van der Waals surface area (Å²) in [6, 6.07) is 13.3. The molecule has 0 bridgehead atoms. The van der Waals surface area contributed by atoms with Crippen molar-refractivity contribution in [3.05, 3.63) is 52.5 Å². The van der Waals surface area contributed by atoms with Gasteiger partial charge in [0.05, 0.1) is 6.61 Å². The Labute approximate surface area is 134 Å². The average Bonchev–Trinajstić information content (AvgIpc) is 2.46. The van der Waals surface area contributed by atoms with Crippen LogP contribution in [0.1, 0.15) is 19.4 Å². The van der Waals surface area contributed by atoms with Crippen molar-refractivity contribution in [2.45, 2.75) is 20.4 Å². The van der Waals surface area contributed by atoms with Crippen molar-refractivity contribution in [3.8, 4) is 11.5 Å². The molecule has 0 fully saturated rings. The molecule has 0 saturated carbocycles. The lowest BCUT2D eigenvalue weighted by molar-refractivity contribution is 0.271. The Balaban J connectivity index is 1.99. The van der Waals surface area contributed by atoms with Crippen LogP contribution in [0.15, 0.2) is 46.9 Å². The summed E-state index contributed by atoms with van der Waals surface area (Å²) >= 11 is 3.41. The number of rotatable bonds is 6. The molecule has 0 heterocycles. The van der Waals surface area contributed by atoms with Gasteiger partial charge in [0.2, 0.25) is 0 Å². The quantitative estimate of drug-likeness (QED) is 0.786. The summed E-state index contributed by atoms with van der Waals surface area (Å²) in [5.41, 5.74) is 1.81. The lowest BCUT2D eigenvalue weighted by atomic mass is 10.2. The predicted octanol–water partition coefficient (Wildman–Crippen LogP) is 4.80. The Morgan fingerprint density at radius 1 is 1.19 bits per heavy atom. The average molecular weight is 350 g/mol. The van der Waals surface area contributed by atoms with Crippen molar-refractivity contribution in [2.24, 2.45) is 5.92 Å². The van der Waals surface area contributed by atoms with E-state index in [1.807, 2.05) is 36.4 Å². The van der Waals surface area contributed by atoms with E-state index >= 15 is 0 Å². The molecule has 0 aliphatic rings. The van der Waals surface area contributed by atoms with E-state index in [0.717, 1.165) is 21.5 Å². The van der Waals surface area contributed by atoms with E-state index in [2.05, 4.69) is 35.1 Å². The third kappa shape index (κ3) is 4.97. The number of hydrogen-bond acceptors (Lipinski definition) is 3. The molecule has 0 aliphatic heterocycles. The van der Waals surface area contributed by atoms with Crippen LogP contribution in [0.4, 0.5) is 5.69 Å². The first-order chi connectivity index (χ1) is 10.0. The third-order valence-electron chi connectivity index (χ3n) is 2.94. The highest BCUT2D eigenvalue weighted by molar-refractivity contribution is 9.10. The van der Waals surface area contributed by atoms with E-state index in [-0.39, 0.29) is 5.75 Å². The van der Waals surface area contributed by atoms with E-state index in [1.165, 1.54) is 0 Å². The Morgan fingerprint density at radius 3 is 2.76 bits per heavy atom. The Morgan fingerprint density at radius 2 is 2.00 bits per heavy atom. The molecular weight excluding hydrogens is 330 g/mol. The zero-order chi connectivity index (χ0) is 15.2. The molecule has 0 atom stereocenters. The predicted molar refractivity (Wildman–Crippen MR) is 89.9 cm³/mol. The molecule has 2 aromatic carbocycles. The summed E-state index contributed by atoms with van der Waals surface area (Å²) < 4.78 is 6.66. The maximum absolute atomic E-state index is 9.83. The molecule has 3 nitrogen and oxygen atoms in total. The standard InChI is InChI=1S/C17H20BrNO2/c1-12(2)11-21-16-5-3-4-15(9-16)19-10-13-8-14(18)6-7-17(13)20/h3-9,12,19-20H,10-11H2,1-2H3. The Bertz CT molecular complexity index is 599. The van der Waals surface area contributed by atoms with Crippen LogP contribution in [0.2, 0.25) is 0 Å². The smallest absolute Gasteiger partial charge is 0.121 e. The highest BCUT2D eigenvalue weighted by Crippen LogP contribution is 2.24. The number of halogens is 1. The largest absolute Gasteiger partial charge is 0.508 e. The summed E-state index contributed by atoms with van der Waals surface area (Å²) in [6.07, 6.45) is 0. The number of hydrogen-bond donors (Lipinski definition) is 2. The van der Waals surface area contributed by atoms with E-state index in [9.17, 15) is 5.11 Å². The molecule has 2 rings (SSSR count). The lowest BCUT2D eigenvalue weighted by Crippen LogP contribution is -2.05. The van der Waals surface area contributed by atoms with Gasteiger partial charge in [0.15, 0.2) is 0 Å². The molecule has 112 valence electrons. The number of phenols is 1. The summed E-state index contributed by atoms with van der Waals surface area (Å²) in [5, 5.41) is 13.1. The van der Waals surface area contributed by atoms with Gasteiger partial charge in [-0.05, 0) is 36.2 Å². The summed E-state index contributed by atoms with van der Waals surface area (Å²) in [7, 11) is 0. The summed E-state index contributed by atoms with van der Waals surface area (Å²) in [4.78, 5) is 0. The molecule has 0 aromatic heterocycles. The van der Waals surface area contributed by atoms with Gasteiger partial charge >= 0.3 is 0 Å². The van der Waals surface area contributed by atoms with Gasteiger partial charge in [0.25, 0.3) is 0 Å². The topological polar surface area (TPSA) is 41.5 Å². The molecule has 0 saturated heterocycles. The normalized spacial score (nSPS) is 10.7. The monoisotopic (exact) mass is 349 g/mol. The van der Waals surface area contributed by atoms with Gasteiger partial charge < -0.3 is 15.2 Å². The van der Waals surface area contributed by atoms with Gasteiger partial charge in [0, 0.05) is 28.3 Å². The van der Waals surface area contributed by atoms with Gasteiger partial charge in [-0.2, -0.15) is 0 Å². The molecule has 4 heteroatoms. The molecule has 2 aromatic rings. The first-order valence-electron chi connectivity index (χ1n) is 6.98. The number of benzene rings is 2. The van der Waals surface area contributed by atoms with Crippen LogP contribution < -0.4 is 10.1 Å². The maximum atomic E-state index is 9.83. The first-order valence-corrected chi connectivity index (χ1v) is 7.78. The fourth-order valence-corrected chi connectivity index (χ4v) is 2.26. The highest BCUT2D eigenvalue weighted by atomic mass is 79.9. The minimum atomic E-state index is 0.290. The fraction of sp³-hybridized carbons (Fsp3) is 0.294. The second kappa shape index (κ2) is 7.36. The number of ether oxygens (including phenoxy) is 1. The maximum Gasteiger partial charge on any atom is 0.121 e. The number of anilines is 1. The van der Waals surface area contributed by atoms with Crippen molar-refractivity contribution in [1.29, 1.82) is 0 Å². The van der Waals surface area contributed by atoms with Gasteiger partial charge in [-0.1, -0.05) is 35.8 Å². The zero-order valence-electron chi connectivity index (χ0n) is 12.3. The first kappa shape index (κ1) is 15.7. The molecule has 0 aliphatic carbocycles. The molecule has 2 N–H and O–H groups in total. The van der Waals surface area contributed by atoms with Crippen LogP contribution in [-0.4, -0.2) is 11.7 Å². The summed E-state index contributed by atoms with van der Waals surface area (Å²) in [5.74, 6) is 1.64. The van der Waals surface area contributed by atoms with Crippen molar-refractivity contribution in [2.75, 3.05) is 11.9 Å². The molecular formula is C17H20BrNO2. The second-order valence-corrected chi connectivity index (χ2v) is 6.27. The van der Waals surface area contributed by atoms with E-state index < -0.39 is 0 Å². The fourth-order valence-electron chi connectivity index (χ4n) is 1.85. The van der Waals surface area contributed by atoms with Crippen LogP contribution in [0.5, 0.6) is 11.5 Å². The van der Waals surface area contributed by atoms with Crippen LogP contribution in [-0.2, 0) is 6.54 Å². The van der Waals surface area contributed by atoms with Crippen molar-refractivity contribution in [1.82, 2.24) is 0 Å². The van der Waals surface area contributed by atoms with Crippen LogP contribution in [0, 0.1) is 5.92 Å². The van der Waals surface area contributed by atoms with Crippen molar-refractivity contribution >= 4 is 21.6 Å². The minimum Gasteiger partial charge on any atom is -0.508 e. The number of phenolic OH excluding ortho intramolecular Hbond substituents is 1. The third-order valence-corrected chi connectivity index (χ3v) is 3.44. The van der Waals surface area contributed by atoms with Crippen LogP contribution >= 0.6 is 15.9 Å². The number of nitrogens with one attached hydrogen (secondary N) is 1. The molecule has 21 heavy (non-hydrogen) atoms. The minimum absolute atomic E-state index is 0.290. The van der Waals surface area contributed by atoms with Gasteiger partial charge in [0.1, 0.15) is 11.5 Å². The Kier molecular flexibility index (Phi) is 5.51. The highest BCUT2D eigenvalue weighted by Gasteiger charge is 2.03. The summed E-state index contributed by atoms with van der Waals surface area (Å²) in [6.45, 7) is 5.51. The molecule has 0 unspecified atom stereocenters. The SMILES string of the molecule is CC(C)COc1cccc(NCc2cc(Br)ccc2O)c1. The van der Waals surface area contributed by atoms with Gasteiger partial charge in [-0.3, -0.25) is 0 Å². The van der Waals surface area contributed by atoms with Gasteiger partial charge in [-0.25, -0.2) is 0 Å². The van der Waals surface area contributed by atoms with Gasteiger partial charge in [-0.15, -0.1) is 0 Å². The van der Waals surface area contributed by atoms with Crippen molar-refractivity contribution in [3.63, 3.8) is 0 Å².